The van der Waals surface area contributed by atoms with Crippen LogP contribution in [0.1, 0.15) is 19.8 Å². The largest absolute Gasteiger partial charge is 0.497 e. The van der Waals surface area contributed by atoms with E-state index in [-0.39, 0.29) is 17.1 Å². The highest BCUT2D eigenvalue weighted by molar-refractivity contribution is 5.92. The van der Waals surface area contributed by atoms with Gasteiger partial charge in [0.05, 0.1) is 12.6 Å². The minimum absolute atomic E-state index is 0.220. The van der Waals surface area contributed by atoms with Crippen LogP contribution in [-0.4, -0.2) is 48.7 Å². The predicted octanol–water partition coefficient (Wildman–Crippen LogP) is 2.14. The van der Waals surface area contributed by atoms with Crippen molar-refractivity contribution in [3.05, 3.63) is 34.6 Å². The predicted molar refractivity (Wildman–Crippen MR) is 98.4 cm³/mol. The zero-order chi connectivity index (χ0) is 17.8. The Hall–Kier alpha value is -2.54. The molecule has 2 heterocycles. The van der Waals surface area contributed by atoms with E-state index in [1.807, 2.05) is 0 Å². The number of carbonyl (C=O) groups excluding carboxylic acids is 1. The maximum absolute atomic E-state index is 12.5. The Labute approximate surface area is 146 Å². The first-order valence-electron chi connectivity index (χ1n) is 8.60. The van der Waals surface area contributed by atoms with Crippen LogP contribution in [0.2, 0.25) is 0 Å². The Morgan fingerprint density at radius 2 is 2.28 bits per heavy atom. The second kappa shape index (κ2) is 7.57. The molecule has 1 aliphatic heterocycles. The van der Waals surface area contributed by atoms with Gasteiger partial charge in [-0.05, 0) is 38.1 Å². The van der Waals surface area contributed by atoms with Gasteiger partial charge in [-0.15, -0.1) is 0 Å². The van der Waals surface area contributed by atoms with Gasteiger partial charge in [0, 0.05) is 30.2 Å². The molecule has 0 radical (unpaired) electrons. The molecular weight excluding hydrogens is 320 g/mol. The molecule has 3 N–H and O–H groups in total. The number of aromatic nitrogens is 1. The molecule has 0 saturated carbocycles. The molecule has 3 rings (SSSR count). The number of carbonyl (C=O) groups is 1. The first kappa shape index (κ1) is 17.3. The molecule has 1 aliphatic rings. The number of urea groups is 1. The van der Waals surface area contributed by atoms with Gasteiger partial charge in [0.1, 0.15) is 11.4 Å². The van der Waals surface area contributed by atoms with E-state index >= 15 is 0 Å². The van der Waals surface area contributed by atoms with Crippen molar-refractivity contribution < 1.29 is 9.53 Å². The molecule has 1 unspecified atom stereocenters. The van der Waals surface area contributed by atoms with Crippen LogP contribution in [0.3, 0.4) is 0 Å². The Balaban J connectivity index is 1.67. The molecular formula is C18H24N4O3. The summed E-state index contributed by atoms with van der Waals surface area (Å²) in [7, 11) is 1.57. The van der Waals surface area contributed by atoms with Crippen molar-refractivity contribution in [2.24, 2.45) is 0 Å². The topological polar surface area (TPSA) is 86.5 Å². The normalized spacial score (nSPS) is 17.6. The van der Waals surface area contributed by atoms with Crippen LogP contribution in [0.15, 0.2) is 29.2 Å². The van der Waals surface area contributed by atoms with Gasteiger partial charge >= 0.3 is 6.03 Å². The number of H-pyrrole nitrogens is 1. The highest BCUT2D eigenvalue weighted by Gasteiger charge is 2.23. The fourth-order valence-electron chi connectivity index (χ4n) is 3.34. The van der Waals surface area contributed by atoms with Crippen molar-refractivity contribution in [3.63, 3.8) is 0 Å². The fraction of sp³-hybridized carbons (Fsp3) is 0.444. The monoisotopic (exact) mass is 344 g/mol. The zero-order valence-electron chi connectivity index (χ0n) is 14.6. The molecule has 1 saturated heterocycles. The van der Waals surface area contributed by atoms with Gasteiger partial charge in [0.2, 0.25) is 5.43 Å². The lowest BCUT2D eigenvalue weighted by molar-refractivity contribution is 0.238. The van der Waals surface area contributed by atoms with E-state index in [9.17, 15) is 9.59 Å². The number of fused-ring (bicyclic) bond motifs is 1. The van der Waals surface area contributed by atoms with Gasteiger partial charge in [-0.25, -0.2) is 4.79 Å². The van der Waals surface area contributed by atoms with Crippen LogP contribution < -0.4 is 20.8 Å². The summed E-state index contributed by atoms with van der Waals surface area (Å²) in [6.07, 6.45) is 3.76. The van der Waals surface area contributed by atoms with Gasteiger partial charge in [0.25, 0.3) is 0 Å². The average molecular weight is 344 g/mol. The molecule has 0 spiro atoms. The lowest BCUT2D eigenvalue weighted by Crippen LogP contribution is -2.41. The van der Waals surface area contributed by atoms with E-state index in [2.05, 4.69) is 27.4 Å². The van der Waals surface area contributed by atoms with Crippen molar-refractivity contribution in [3.8, 4) is 5.75 Å². The van der Waals surface area contributed by atoms with E-state index in [0.29, 0.717) is 29.2 Å². The molecule has 2 amide bonds. The molecule has 0 bridgehead atoms. The van der Waals surface area contributed by atoms with E-state index < -0.39 is 0 Å². The Bertz CT molecular complexity index is 818. The molecule has 7 heteroatoms. The maximum Gasteiger partial charge on any atom is 0.319 e. The molecule has 25 heavy (non-hydrogen) atoms. The van der Waals surface area contributed by atoms with E-state index in [0.717, 1.165) is 25.9 Å². The minimum Gasteiger partial charge on any atom is -0.497 e. The number of hydrogen-bond donors (Lipinski definition) is 3. The lowest BCUT2D eigenvalue weighted by atomic mass is 10.2. The van der Waals surface area contributed by atoms with Crippen LogP contribution in [0.5, 0.6) is 5.75 Å². The average Bonchev–Trinajstić information content (AvgIpc) is 3.09. The number of ether oxygens (including phenoxy) is 1. The number of benzene rings is 1. The summed E-state index contributed by atoms with van der Waals surface area (Å²) >= 11 is 0. The summed E-state index contributed by atoms with van der Waals surface area (Å²) in [5.74, 6) is 0.665. The summed E-state index contributed by atoms with van der Waals surface area (Å²) < 4.78 is 5.15. The van der Waals surface area contributed by atoms with Crippen LogP contribution in [0, 0.1) is 0 Å². The molecule has 1 aromatic heterocycles. The number of likely N-dealkylation sites (N-methyl/N-ethyl adjacent to an activating group) is 1. The highest BCUT2D eigenvalue weighted by Crippen LogP contribution is 2.18. The van der Waals surface area contributed by atoms with Gasteiger partial charge in [-0.1, -0.05) is 6.92 Å². The van der Waals surface area contributed by atoms with Gasteiger partial charge in [-0.2, -0.15) is 0 Å². The molecule has 2 aromatic rings. The number of rotatable bonds is 5. The highest BCUT2D eigenvalue weighted by atomic mass is 16.5. The third-order valence-corrected chi connectivity index (χ3v) is 4.74. The quantitative estimate of drug-likeness (QED) is 0.776. The summed E-state index contributed by atoms with van der Waals surface area (Å²) in [6, 6.07) is 5.17. The van der Waals surface area contributed by atoms with Crippen LogP contribution in [0.4, 0.5) is 10.5 Å². The SMILES string of the molecule is CCN1CCCC1CNC(=O)Nc1c[nH]c2cc(OC)ccc2c1=O. The number of nitrogens with zero attached hydrogens (tertiary/aromatic N) is 1. The van der Waals surface area contributed by atoms with Crippen molar-refractivity contribution in [2.45, 2.75) is 25.8 Å². The summed E-state index contributed by atoms with van der Waals surface area (Å²) in [5.41, 5.74) is 0.677. The Morgan fingerprint density at radius 1 is 1.44 bits per heavy atom. The zero-order valence-corrected chi connectivity index (χ0v) is 14.6. The lowest BCUT2D eigenvalue weighted by Gasteiger charge is -2.22. The first-order valence-corrected chi connectivity index (χ1v) is 8.60. The van der Waals surface area contributed by atoms with Crippen molar-refractivity contribution >= 4 is 22.6 Å². The Kier molecular flexibility index (Phi) is 5.23. The molecule has 1 fully saturated rings. The van der Waals surface area contributed by atoms with E-state index in [4.69, 9.17) is 4.74 Å². The second-order valence-corrected chi connectivity index (χ2v) is 6.20. The second-order valence-electron chi connectivity index (χ2n) is 6.20. The number of methoxy groups -OCH3 is 1. The maximum atomic E-state index is 12.5. The number of aromatic amines is 1. The minimum atomic E-state index is -0.360. The van der Waals surface area contributed by atoms with E-state index in [1.165, 1.54) is 6.20 Å². The standard InChI is InChI=1S/C18H24N4O3/c1-3-22-8-4-5-12(22)10-20-18(24)21-16-11-19-15-9-13(25-2)6-7-14(15)17(16)23/h6-7,9,11-12H,3-5,8,10H2,1-2H3,(H,19,23)(H2,20,21,24). The summed E-state index contributed by atoms with van der Waals surface area (Å²) in [6.45, 7) is 4.78. The molecule has 7 nitrogen and oxygen atoms in total. The van der Waals surface area contributed by atoms with Crippen LogP contribution in [-0.2, 0) is 0 Å². The van der Waals surface area contributed by atoms with E-state index in [1.54, 1.807) is 25.3 Å². The molecule has 1 aromatic carbocycles. The molecule has 1 atom stereocenters. The Morgan fingerprint density at radius 3 is 3.04 bits per heavy atom. The number of amides is 2. The summed E-state index contributed by atoms with van der Waals surface area (Å²) in [4.78, 5) is 30.0. The van der Waals surface area contributed by atoms with Gasteiger partial charge in [0.15, 0.2) is 0 Å². The number of likely N-dealkylation sites (tertiary alicyclic amines) is 1. The first-order chi connectivity index (χ1) is 12.1. The number of pyridine rings is 1. The number of nitrogens with one attached hydrogen (secondary N) is 3. The van der Waals surface area contributed by atoms with Crippen LogP contribution in [0.25, 0.3) is 10.9 Å². The van der Waals surface area contributed by atoms with Crippen molar-refractivity contribution in [1.82, 2.24) is 15.2 Å². The fourth-order valence-corrected chi connectivity index (χ4v) is 3.34. The third-order valence-electron chi connectivity index (χ3n) is 4.74. The summed E-state index contributed by atoms with van der Waals surface area (Å²) in [5, 5.41) is 6.02. The molecule has 0 aliphatic carbocycles. The third kappa shape index (κ3) is 3.76. The van der Waals surface area contributed by atoms with Crippen molar-refractivity contribution in [2.75, 3.05) is 32.1 Å². The van der Waals surface area contributed by atoms with Gasteiger partial charge < -0.3 is 20.4 Å². The number of hydrogen-bond acceptors (Lipinski definition) is 4. The van der Waals surface area contributed by atoms with Crippen LogP contribution >= 0.6 is 0 Å². The molecule has 134 valence electrons. The number of anilines is 1. The smallest absolute Gasteiger partial charge is 0.319 e. The van der Waals surface area contributed by atoms with Gasteiger partial charge in [-0.3, -0.25) is 9.69 Å². The van der Waals surface area contributed by atoms with Crippen molar-refractivity contribution in [1.29, 1.82) is 0 Å².